The van der Waals surface area contributed by atoms with Crippen molar-refractivity contribution in [2.45, 2.75) is 13.5 Å². The van der Waals surface area contributed by atoms with Gasteiger partial charge in [0, 0.05) is 35.4 Å². The first-order valence-electron chi connectivity index (χ1n) is 7.15. The number of anilines is 1. The van der Waals surface area contributed by atoms with E-state index in [2.05, 4.69) is 34.6 Å². The van der Waals surface area contributed by atoms with E-state index in [0.29, 0.717) is 6.61 Å². The Balaban J connectivity index is 1.79. The lowest BCUT2D eigenvalue weighted by Crippen LogP contribution is -2.00. The van der Waals surface area contributed by atoms with Crippen LogP contribution in [0.2, 0.25) is 0 Å². The van der Waals surface area contributed by atoms with Gasteiger partial charge in [0.1, 0.15) is 5.75 Å². The molecule has 0 fully saturated rings. The Labute approximate surface area is 124 Å². The van der Waals surface area contributed by atoms with Crippen LogP contribution in [0.3, 0.4) is 0 Å². The second kappa shape index (κ2) is 6.27. The number of fused-ring (bicyclic) bond motifs is 1. The zero-order chi connectivity index (χ0) is 14.5. The van der Waals surface area contributed by atoms with Crippen molar-refractivity contribution >= 4 is 16.5 Å². The third kappa shape index (κ3) is 3.14. The summed E-state index contributed by atoms with van der Waals surface area (Å²) < 4.78 is 5.53. The summed E-state index contributed by atoms with van der Waals surface area (Å²) in [5.41, 5.74) is 2.32. The summed E-state index contributed by atoms with van der Waals surface area (Å²) in [6.45, 7) is 3.45. The highest BCUT2D eigenvalue weighted by Gasteiger charge is 2.01. The first-order valence-corrected chi connectivity index (χ1v) is 7.15. The van der Waals surface area contributed by atoms with Gasteiger partial charge in [0.15, 0.2) is 0 Å². The monoisotopic (exact) mass is 278 g/mol. The number of rotatable bonds is 5. The molecular formula is C18H18N2O. The van der Waals surface area contributed by atoms with Gasteiger partial charge in [-0.15, -0.1) is 0 Å². The van der Waals surface area contributed by atoms with Gasteiger partial charge in [0.25, 0.3) is 0 Å². The molecule has 106 valence electrons. The summed E-state index contributed by atoms with van der Waals surface area (Å²) in [4.78, 5) is 4.16. The van der Waals surface area contributed by atoms with Crippen molar-refractivity contribution in [3.8, 4) is 5.75 Å². The largest absolute Gasteiger partial charge is 0.494 e. The average Bonchev–Trinajstić information content (AvgIpc) is 2.53. The number of ether oxygens (including phenoxy) is 1. The van der Waals surface area contributed by atoms with Crippen molar-refractivity contribution in [3.63, 3.8) is 0 Å². The summed E-state index contributed by atoms with van der Waals surface area (Å²) in [6.07, 6.45) is 3.71. The summed E-state index contributed by atoms with van der Waals surface area (Å²) in [7, 11) is 0. The SMILES string of the molecule is CCOc1cccc(CNc2cccc3cnccc23)c1. The van der Waals surface area contributed by atoms with E-state index in [9.17, 15) is 0 Å². The van der Waals surface area contributed by atoms with Gasteiger partial charge in [-0.05, 0) is 36.8 Å². The molecule has 0 saturated heterocycles. The van der Waals surface area contributed by atoms with E-state index < -0.39 is 0 Å². The summed E-state index contributed by atoms with van der Waals surface area (Å²) in [6, 6.07) is 16.4. The molecule has 21 heavy (non-hydrogen) atoms. The zero-order valence-electron chi connectivity index (χ0n) is 12.0. The Morgan fingerprint density at radius 2 is 2.00 bits per heavy atom. The minimum atomic E-state index is 0.688. The highest BCUT2D eigenvalue weighted by atomic mass is 16.5. The predicted octanol–water partition coefficient (Wildman–Crippen LogP) is 4.25. The van der Waals surface area contributed by atoms with Crippen LogP contribution < -0.4 is 10.1 Å². The molecular weight excluding hydrogens is 260 g/mol. The first kappa shape index (κ1) is 13.4. The lowest BCUT2D eigenvalue weighted by molar-refractivity contribution is 0.340. The molecule has 1 heterocycles. The number of hydrogen-bond acceptors (Lipinski definition) is 3. The highest BCUT2D eigenvalue weighted by Crippen LogP contribution is 2.23. The van der Waals surface area contributed by atoms with Crippen LogP contribution in [-0.4, -0.2) is 11.6 Å². The highest BCUT2D eigenvalue weighted by molar-refractivity contribution is 5.93. The van der Waals surface area contributed by atoms with Crippen LogP contribution in [0.4, 0.5) is 5.69 Å². The quantitative estimate of drug-likeness (QED) is 0.757. The molecule has 3 aromatic rings. The maximum Gasteiger partial charge on any atom is 0.119 e. The maximum absolute atomic E-state index is 5.53. The molecule has 0 aliphatic carbocycles. The molecule has 0 radical (unpaired) electrons. The Hall–Kier alpha value is -2.55. The molecule has 0 amide bonds. The van der Waals surface area contributed by atoms with Crippen molar-refractivity contribution in [1.29, 1.82) is 0 Å². The standard InChI is InChI=1S/C18H18N2O/c1-2-21-16-7-3-5-14(11-16)12-20-18-8-4-6-15-13-19-10-9-17(15)18/h3-11,13,20H,2,12H2,1H3. The topological polar surface area (TPSA) is 34.1 Å². The summed E-state index contributed by atoms with van der Waals surface area (Å²) >= 11 is 0. The van der Waals surface area contributed by atoms with Crippen LogP contribution >= 0.6 is 0 Å². The predicted molar refractivity (Wildman–Crippen MR) is 86.7 cm³/mol. The van der Waals surface area contributed by atoms with Crippen molar-refractivity contribution < 1.29 is 4.74 Å². The fourth-order valence-electron chi connectivity index (χ4n) is 2.39. The number of nitrogens with zero attached hydrogens (tertiary/aromatic N) is 1. The Kier molecular flexibility index (Phi) is 4.01. The summed E-state index contributed by atoms with van der Waals surface area (Å²) in [5, 5.41) is 5.82. The zero-order valence-corrected chi connectivity index (χ0v) is 12.0. The van der Waals surface area contributed by atoms with E-state index in [0.717, 1.165) is 23.4 Å². The lowest BCUT2D eigenvalue weighted by Gasteiger charge is -2.11. The third-order valence-corrected chi connectivity index (χ3v) is 3.37. The second-order valence-corrected chi connectivity index (χ2v) is 4.84. The van der Waals surface area contributed by atoms with Crippen molar-refractivity contribution in [2.24, 2.45) is 0 Å². The van der Waals surface area contributed by atoms with Crippen molar-refractivity contribution in [1.82, 2.24) is 4.98 Å². The van der Waals surface area contributed by atoms with Gasteiger partial charge in [0.05, 0.1) is 6.61 Å². The number of pyridine rings is 1. The average molecular weight is 278 g/mol. The number of hydrogen-bond donors (Lipinski definition) is 1. The van der Waals surface area contributed by atoms with E-state index in [4.69, 9.17) is 4.74 Å². The molecule has 1 N–H and O–H groups in total. The normalized spacial score (nSPS) is 10.5. The van der Waals surface area contributed by atoms with Crippen LogP contribution in [-0.2, 0) is 6.54 Å². The number of aromatic nitrogens is 1. The van der Waals surface area contributed by atoms with E-state index in [1.165, 1.54) is 10.9 Å². The van der Waals surface area contributed by atoms with Gasteiger partial charge >= 0.3 is 0 Å². The minimum absolute atomic E-state index is 0.688. The Morgan fingerprint density at radius 3 is 2.90 bits per heavy atom. The van der Waals surface area contributed by atoms with Gasteiger partial charge in [-0.2, -0.15) is 0 Å². The van der Waals surface area contributed by atoms with Gasteiger partial charge < -0.3 is 10.1 Å². The van der Waals surface area contributed by atoms with E-state index in [-0.39, 0.29) is 0 Å². The molecule has 3 nitrogen and oxygen atoms in total. The van der Waals surface area contributed by atoms with E-state index in [1.807, 2.05) is 43.6 Å². The molecule has 1 aromatic heterocycles. The van der Waals surface area contributed by atoms with Gasteiger partial charge in [-0.3, -0.25) is 4.98 Å². The van der Waals surface area contributed by atoms with Gasteiger partial charge in [-0.1, -0.05) is 24.3 Å². The van der Waals surface area contributed by atoms with Gasteiger partial charge in [0.2, 0.25) is 0 Å². The molecule has 0 spiro atoms. The molecule has 0 saturated carbocycles. The molecule has 0 unspecified atom stereocenters. The van der Waals surface area contributed by atoms with E-state index >= 15 is 0 Å². The van der Waals surface area contributed by atoms with E-state index in [1.54, 1.807) is 0 Å². The molecule has 0 aliphatic heterocycles. The van der Waals surface area contributed by atoms with Crippen LogP contribution in [0, 0.1) is 0 Å². The number of benzene rings is 2. The number of nitrogens with one attached hydrogen (secondary N) is 1. The lowest BCUT2D eigenvalue weighted by atomic mass is 10.1. The molecule has 0 bridgehead atoms. The second-order valence-electron chi connectivity index (χ2n) is 4.84. The maximum atomic E-state index is 5.53. The fourth-order valence-corrected chi connectivity index (χ4v) is 2.39. The fraction of sp³-hybridized carbons (Fsp3) is 0.167. The van der Waals surface area contributed by atoms with Crippen LogP contribution in [0.25, 0.3) is 10.8 Å². The third-order valence-electron chi connectivity index (χ3n) is 3.37. The molecule has 3 rings (SSSR count). The smallest absolute Gasteiger partial charge is 0.119 e. The van der Waals surface area contributed by atoms with Crippen molar-refractivity contribution in [2.75, 3.05) is 11.9 Å². The Bertz CT molecular complexity index is 735. The molecule has 0 aliphatic rings. The van der Waals surface area contributed by atoms with Crippen LogP contribution in [0.5, 0.6) is 5.75 Å². The molecule has 2 aromatic carbocycles. The van der Waals surface area contributed by atoms with Crippen LogP contribution in [0.15, 0.2) is 60.9 Å². The summed E-state index contributed by atoms with van der Waals surface area (Å²) in [5.74, 6) is 0.916. The van der Waals surface area contributed by atoms with Crippen LogP contribution in [0.1, 0.15) is 12.5 Å². The first-order chi connectivity index (χ1) is 10.4. The Morgan fingerprint density at radius 1 is 1.10 bits per heavy atom. The molecule has 3 heteroatoms. The van der Waals surface area contributed by atoms with Crippen molar-refractivity contribution in [3.05, 3.63) is 66.5 Å². The molecule has 0 atom stereocenters. The minimum Gasteiger partial charge on any atom is -0.494 e. The van der Waals surface area contributed by atoms with Gasteiger partial charge in [-0.25, -0.2) is 0 Å².